The van der Waals surface area contributed by atoms with E-state index in [9.17, 15) is 0 Å². The Balaban J connectivity index is 2.23. The second-order valence-corrected chi connectivity index (χ2v) is 4.79. The van der Waals surface area contributed by atoms with E-state index in [0.717, 1.165) is 27.7 Å². The van der Waals surface area contributed by atoms with Gasteiger partial charge in [0.2, 0.25) is 0 Å². The lowest BCUT2D eigenvalue weighted by Gasteiger charge is -2.05. The zero-order valence-electron chi connectivity index (χ0n) is 10.0. The van der Waals surface area contributed by atoms with E-state index in [-0.39, 0.29) is 0 Å². The molecule has 3 rings (SSSR count). The molecule has 1 nitrogen and oxygen atoms in total. The van der Waals surface area contributed by atoms with E-state index in [0.29, 0.717) is 5.02 Å². The van der Waals surface area contributed by atoms with E-state index in [1.807, 2.05) is 37.3 Å². The van der Waals surface area contributed by atoms with Crippen LogP contribution in [0.5, 0.6) is 0 Å². The lowest BCUT2D eigenvalue weighted by Crippen LogP contribution is -1.87. The number of aromatic nitrogens is 1. The van der Waals surface area contributed by atoms with Crippen LogP contribution in [0.25, 0.3) is 22.2 Å². The molecular weight excluding hydrogens is 242 g/mol. The van der Waals surface area contributed by atoms with Crippen molar-refractivity contribution in [1.82, 2.24) is 4.98 Å². The zero-order valence-corrected chi connectivity index (χ0v) is 10.8. The number of hydrogen-bond donors (Lipinski definition) is 0. The van der Waals surface area contributed by atoms with Gasteiger partial charge in [0.25, 0.3) is 0 Å². The van der Waals surface area contributed by atoms with Crippen molar-refractivity contribution in [2.45, 2.75) is 6.92 Å². The highest BCUT2D eigenvalue weighted by molar-refractivity contribution is 6.35. The first kappa shape index (κ1) is 11.2. The second-order valence-electron chi connectivity index (χ2n) is 4.38. The van der Waals surface area contributed by atoms with Crippen LogP contribution in [0.4, 0.5) is 0 Å². The Morgan fingerprint density at radius 1 is 0.944 bits per heavy atom. The molecular formula is C16H12ClN. The lowest BCUT2D eigenvalue weighted by molar-refractivity contribution is 1.38. The summed E-state index contributed by atoms with van der Waals surface area (Å²) in [6.45, 7) is 2.04. The summed E-state index contributed by atoms with van der Waals surface area (Å²) in [6, 6.07) is 18.3. The first-order chi connectivity index (χ1) is 8.74. The number of halogens is 1. The molecule has 0 saturated heterocycles. The van der Waals surface area contributed by atoms with Gasteiger partial charge >= 0.3 is 0 Å². The Hall–Kier alpha value is -1.86. The van der Waals surface area contributed by atoms with Gasteiger partial charge in [-0.2, -0.15) is 0 Å². The average molecular weight is 254 g/mol. The van der Waals surface area contributed by atoms with E-state index >= 15 is 0 Å². The van der Waals surface area contributed by atoms with Crippen LogP contribution in [0.1, 0.15) is 5.56 Å². The number of hydrogen-bond acceptors (Lipinski definition) is 1. The predicted octanol–water partition coefficient (Wildman–Crippen LogP) is 4.86. The molecule has 0 radical (unpaired) electrons. The summed E-state index contributed by atoms with van der Waals surface area (Å²) in [7, 11) is 0. The van der Waals surface area contributed by atoms with E-state index in [1.54, 1.807) is 0 Å². The monoisotopic (exact) mass is 253 g/mol. The van der Waals surface area contributed by atoms with Crippen molar-refractivity contribution in [3.8, 4) is 11.3 Å². The number of pyridine rings is 1. The van der Waals surface area contributed by atoms with Crippen molar-refractivity contribution >= 4 is 22.5 Å². The summed E-state index contributed by atoms with van der Waals surface area (Å²) >= 11 is 6.26. The number of rotatable bonds is 1. The third-order valence-corrected chi connectivity index (χ3v) is 3.25. The molecule has 0 bridgehead atoms. The molecule has 18 heavy (non-hydrogen) atoms. The molecule has 0 saturated carbocycles. The van der Waals surface area contributed by atoms with Gasteiger partial charge in [0.05, 0.1) is 16.2 Å². The number of nitrogens with zero attached hydrogens (tertiary/aromatic N) is 1. The zero-order chi connectivity index (χ0) is 12.5. The summed E-state index contributed by atoms with van der Waals surface area (Å²) in [6.07, 6.45) is 0. The molecule has 0 atom stereocenters. The van der Waals surface area contributed by atoms with E-state index in [2.05, 4.69) is 29.2 Å². The highest BCUT2D eigenvalue weighted by Crippen LogP contribution is 2.26. The predicted molar refractivity (Wildman–Crippen MR) is 76.9 cm³/mol. The van der Waals surface area contributed by atoms with Crippen molar-refractivity contribution in [2.75, 3.05) is 0 Å². The van der Waals surface area contributed by atoms with Crippen LogP contribution in [0, 0.1) is 6.92 Å². The van der Waals surface area contributed by atoms with E-state index in [1.165, 1.54) is 0 Å². The summed E-state index contributed by atoms with van der Waals surface area (Å²) in [5.74, 6) is 0. The lowest BCUT2D eigenvalue weighted by atomic mass is 10.1. The Bertz CT molecular complexity index is 705. The molecule has 0 aliphatic rings. The third-order valence-electron chi connectivity index (χ3n) is 2.96. The largest absolute Gasteiger partial charge is 0.246 e. The molecule has 0 unspecified atom stereocenters. The maximum Gasteiger partial charge on any atom is 0.0895 e. The Kier molecular flexibility index (Phi) is 2.77. The van der Waals surface area contributed by atoms with E-state index < -0.39 is 0 Å². The molecule has 0 aliphatic carbocycles. The van der Waals surface area contributed by atoms with Gasteiger partial charge in [-0.15, -0.1) is 0 Å². The number of fused-ring (bicyclic) bond motifs is 1. The minimum atomic E-state index is 0.711. The van der Waals surface area contributed by atoms with Crippen molar-refractivity contribution in [1.29, 1.82) is 0 Å². The van der Waals surface area contributed by atoms with Crippen LogP contribution in [-0.2, 0) is 0 Å². The topological polar surface area (TPSA) is 12.9 Å². The fraction of sp³-hybridized carbons (Fsp3) is 0.0625. The molecule has 0 aliphatic heterocycles. The highest BCUT2D eigenvalue weighted by Gasteiger charge is 2.05. The summed E-state index contributed by atoms with van der Waals surface area (Å²) in [5, 5.41) is 1.79. The van der Waals surface area contributed by atoms with Crippen LogP contribution in [0.3, 0.4) is 0 Å². The van der Waals surface area contributed by atoms with Gasteiger partial charge in [-0.25, -0.2) is 4.98 Å². The van der Waals surface area contributed by atoms with E-state index in [4.69, 9.17) is 11.6 Å². The van der Waals surface area contributed by atoms with Crippen LogP contribution in [0.2, 0.25) is 5.02 Å². The second kappa shape index (κ2) is 4.43. The maximum absolute atomic E-state index is 6.26. The van der Waals surface area contributed by atoms with Gasteiger partial charge in [0.1, 0.15) is 0 Å². The van der Waals surface area contributed by atoms with Gasteiger partial charge in [-0.05, 0) is 30.7 Å². The van der Waals surface area contributed by atoms with Crippen molar-refractivity contribution in [2.24, 2.45) is 0 Å². The third kappa shape index (κ3) is 1.98. The van der Waals surface area contributed by atoms with Crippen molar-refractivity contribution in [3.05, 3.63) is 65.2 Å². The fourth-order valence-electron chi connectivity index (χ4n) is 2.10. The average Bonchev–Trinajstić information content (AvgIpc) is 2.39. The summed E-state index contributed by atoms with van der Waals surface area (Å²) in [4.78, 5) is 4.65. The fourth-order valence-corrected chi connectivity index (χ4v) is 2.43. The van der Waals surface area contributed by atoms with Gasteiger partial charge in [-0.3, -0.25) is 0 Å². The molecule has 88 valence electrons. The molecule has 2 aromatic carbocycles. The molecule has 0 amide bonds. The smallest absolute Gasteiger partial charge is 0.0895 e. The van der Waals surface area contributed by atoms with Crippen molar-refractivity contribution in [3.63, 3.8) is 0 Å². The van der Waals surface area contributed by atoms with Gasteiger partial charge in [-0.1, -0.05) is 48.0 Å². The number of aryl methyl sites for hydroxylation is 1. The molecule has 1 heterocycles. The Labute approximate surface area is 111 Å². The van der Waals surface area contributed by atoms with Gasteiger partial charge in [0.15, 0.2) is 0 Å². The standard InChI is InChI=1S/C16H12ClN/c1-11-9-13-7-8-15(12-5-3-2-4-6-12)18-16(13)14(17)10-11/h2-10H,1H3. The Morgan fingerprint density at radius 3 is 2.50 bits per heavy atom. The molecule has 2 heteroatoms. The molecule has 1 aromatic heterocycles. The SMILES string of the molecule is Cc1cc(Cl)c2nc(-c3ccccc3)ccc2c1. The first-order valence-corrected chi connectivity index (χ1v) is 6.24. The number of benzene rings is 2. The van der Waals surface area contributed by atoms with Crippen LogP contribution < -0.4 is 0 Å². The van der Waals surface area contributed by atoms with Gasteiger partial charge < -0.3 is 0 Å². The Morgan fingerprint density at radius 2 is 1.72 bits per heavy atom. The maximum atomic E-state index is 6.26. The van der Waals surface area contributed by atoms with Gasteiger partial charge in [0, 0.05) is 10.9 Å². The van der Waals surface area contributed by atoms with Crippen LogP contribution >= 0.6 is 11.6 Å². The quantitative estimate of drug-likeness (QED) is 0.603. The molecule has 3 aromatic rings. The minimum Gasteiger partial charge on any atom is -0.246 e. The molecule has 0 N–H and O–H groups in total. The summed E-state index contributed by atoms with van der Waals surface area (Å²) < 4.78 is 0. The molecule has 0 fully saturated rings. The van der Waals surface area contributed by atoms with Crippen LogP contribution in [0.15, 0.2) is 54.6 Å². The normalized spacial score (nSPS) is 10.8. The highest BCUT2D eigenvalue weighted by atomic mass is 35.5. The minimum absolute atomic E-state index is 0.711. The van der Waals surface area contributed by atoms with Crippen LogP contribution in [-0.4, -0.2) is 4.98 Å². The molecule has 0 spiro atoms. The summed E-state index contributed by atoms with van der Waals surface area (Å²) in [5.41, 5.74) is 4.08. The first-order valence-electron chi connectivity index (χ1n) is 5.86. The van der Waals surface area contributed by atoms with Crippen molar-refractivity contribution < 1.29 is 0 Å².